The standard InChI is InChI=1S/C31H36N2O3/c1-36-29-17-26(32-30(35)24-12-11-22-5-2-3-6-23(22)15-24)18-31(25-7-4-8-27(34)16-25)13-14-33(20-28(29)31)19-21-9-10-21/h2-8,11-12,15-16,21,26,28-29,34H,9-10,13-14,17-20H2,1H3,(H,32,35)/t26-,28+,29?,31+/m1/s1. The Bertz CT molecular complexity index is 1260. The number of carbonyl (C=O) groups is 1. The number of hydrogen-bond donors (Lipinski definition) is 2. The van der Waals surface area contributed by atoms with Gasteiger partial charge in [0.2, 0.25) is 0 Å². The Labute approximate surface area is 213 Å². The van der Waals surface area contributed by atoms with Crippen LogP contribution in [0.4, 0.5) is 0 Å². The first kappa shape index (κ1) is 23.5. The van der Waals surface area contributed by atoms with E-state index in [0.29, 0.717) is 17.2 Å². The van der Waals surface area contributed by atoms with Crippen LogP contribution >= 0.6 is 0 Å². The van der Waals surface area contributed by atoms with Crippen molar-refractivity contribution in [3.8, 4) is 5.75 Å². The second kappa shape index (κ2) is 9.53. The van der Waals surface area contributed by atoms with Crippen LogP contribution in [0.25, 0.3) is 10.8 Å². The first-order chi connectivity index (χ1) is 17.5. The summed E-state index contributed by atoms with van der Waals surface area (Å²) in [7, 11) is 1.81. The summed E-state index contributed by atoms with van der Waals surface area (Å²) in [5.74, 6) is 1.45. The number of piperidine rings is 1. The Morgan fingerprint density at radius 2 is 1.92 bits per heavy atom. The second-order valence-corrected chi connectivity index (χ2v) is 11.2. The fraction of sp³-hybridized carbons (Fsp3) is 0.452. The van der Waals surface area contributed by atoms with Gasteiger partial charge in [-0.25, -0.2) is 0 Å². The van der Waals surface area contributed by atoms with Crippen molar-refractivity contribution in [1.29, 1.82) is 0 Å². The topological polar surface area (TPSA) is 61.8 Å². The number of aromatic hydroxyl groups is 1. The quantitative estimate of drug-likeness (QED) is 0.510. The Kier molecular flexibility index (Phi) is 6.22. The highest BCUT2D eigenvalue weighted by Gasteiger charge is 2.53. The molecule has 1 saturated heterocycles. The lowest BCUT2D eigenvalue weighted by molar-refractivity contribution is -0.0678. The molecule has 0 radical (unpaired) electrons. The Balaban J connectivity index is 1.28. The zero-order chi connectivity index (χ0) is 24.7. The van der Waals surface area contributed by atoms with Crippen LogP contribution in [-0.4, -0.2) is 54.8 Å². The second-order valence-electron chi connectivity index (χ2n) is 11.2. The number of fused-ring (bicyclic) bond motifs is 2. The highest BCUT2D eigenvalue weighted by Crippen LogP contribution is 2.51. The summed E-state index contributed by atoms with van der Waals surface area (Å²) in [4.78, 5) is 16.0. The van der Waals surface area contributed by atoms with Gasteiger partial charge in [-0.15, -0.1) is 0 Å². The lowest BCUT2D eigenvalue weighted by atomic mass is 9.57. The number of nitrogens with zero attached hydrogens (tertiary/aromatic N) is 1. The normalized spacial score (nSPS) is 28.5. The zero-order valence-electron chi connectivity index (χ0n) is 21.0. The van der Waals surface area contributed by atoms with Crippen molar-refractivity contribution in [3.63, 3.8) is 0 Å². The molecule has 0 spiro atoms. The fourth-order valence-corrected chi connectivity index (χ4v) is 6.87. The van der Waals surface area contributed by atoms with Gasteiger partial charge in [-0.05, 0) is 85.2 Å². The van der Waals surface area contributed by atoms with Gasteiger partial charge < -0.3 is 20.1 Å². The molecular formula is C31H36N2O3. The molecule has 5 nitrogen and oxygen atoms in total. The maximum atomic E-state index is 13.4. The molecule has 0 bridgehead atoms. The van der Waals surface area contributed by atoms with Crippen molar-refractivity contribution in [3.05, 3.63) is 77.9 Å². The molecule has 1 amide bonds. The van der Waals surface area contributed by atoms with Gasteiger partial charge in [-0.2, -0.15) is 0 Å². The molecule has 1 unspecified atom stereocenters. The van der Waals surface area contributed by atoms with E-state index in [2.05, 4.69) is 22.3 Å². The molecule has 4 atom stereocenters. The molecule has 6 rings (SSSR count). The number of likely N-dealkylation sites (tertiary alicyclic amines) is 1. The Hall–Kier alpha value is -2.89. The number of ether oxygens (including phenoxy) is 1. The van der Waals surface area contributed by atoms with Crippen molar-refractivity contribution in [2.45, 2.75) is 49.7 Å². The smallest absolute Gasteiger partial charge is 0.251 e. The van der Waals surface area contributed by atoms with Gasteiger partial charge in [0.15, 0.2) is 0 Å². The van der Waals surface area contributed by atoms with E-state index in [4.69, 9.17) is 4.74 Å². The Morgan fingerprint density at radius 1 is 1.08 bits per heavy atom. The van der Waals surface area contributed by atoms with Crippen LogP contribution in [0.2, 0.25) is 0 Å². The first-order valence-electron chi connectivity index (χ1n) is 13.4. The van der Waals surface area contributed by atoms with Crippen molar-refractivity contribution in [2.75, 3.05) is 26.7 Å². The van der Waals surface area contributed by atoms with Crippen LogP contribution in [-0.2, 0) is 10.2 Å². The van der Waals surface area contributed by atoms with E-state index in [9.17, 15) is 9.90 Å². The van der Waals surface area contributed by atoms with Gasteiger partial charge in [0.1, 0.15) is 5.75 Å². The third-order valence-corrected chi connectivity index (χ3v) is 8.90. The summed E-state index contributed by atoms with van der Waals surface area (Å²) in [5.41, 5.74) is 1.72. The summed E-state index contributed by atoms with van der Waals surface area (Å²) in [5, 5.41) is 15.9. The molecule has 3 aliphatic rings. The lowest BCUT2D eigenvalue weighted by Crippen LogP contribution is -2.61. The molecular weight excluding hydrogens is 448 g/mol. The van der Waals surface area contributed by atoms with E-state index < -0.39 is 0 Å². The van der Waals surface area contributed by atoms with E-state index >= 15 is 0 Å². The van der Waals surface area contributed by atoms with Gasteiger partial charge in [0, 0.05) is 43.1 Å². The van der Waals surface area contributed by atoms with Gasteiger partial charge in [-0.3, -0.25) is 4.79 Å². The van der Waals surface area contributed by atoms with Crippen molar-refractivity contribution in [1.82, 2.24) is 10.2 Å². The lowest BCUT2D eigenvalue weighted by Gasteiger charge is -2.55. The minimum atomic E-state index is -0.140. The van der Waals surface area contributed by atoms with Gasteiger partial charge >= 0.3 is 0 Å². The molecule has 3 aromatic rings. The van der Waals surface area contributed by atoms with E-state index in [0.717, 1.165) is 49.0 Å². The summed E-state index contributed by atoms with van der Waals surface area (Å²) in [6.45, 7) is 3.24. The van der Waals surface area contributed by atoms with Crippen LogP contribution < -0.4 is 5.32 Å². The van der Waals surface area contributed by atoms with Crippen LogP contribution in [0, 0.1) is 11.8 Å². The van der Waals surface area contributed by atoms with Crippen molar-refractivity contribution in [2.24, 2.45) is 11.8 Å². The van der Waals surface area contributed by atoms with E-state index in [1.807, 2.05) is 55.6 Å². The molecule has 188 valence electrons. The molecule has 1 heterocycles. The largest absolute Gasteiger partial charge is 0.508 e. The van der Waals surface area contributed by atoms with Crippen LogP contribution in [0.3, 0.4) is 0 Å². The summed E-state index contributed by atoms with van der Waals surface area (Å²) in [6, 6.07) is 21.8. The van der Waals surface area contributed by atoms with Gasteiger partial charge in [0.25, 0.3) is 5.91 Å². The van der Waals surface area contributed by atoms with Crippen LogP contribution in [0.5, 0.6) is 5.75 Å². The average Bonchev–Trinajstić information content (AvgIpc) is 3.72. The molecule has 36 heavy (non-hydrogen) atoms. The minimum absolute atomic E-state index is 0.00232. The van der Waals surface area contributed by atoms with Crippen molar-refractivity contribution < 1.29 is 14.6 Å². The molecule has 3 aromatic carbocycles. The zero-order valence-corrected chi connectivity index (χ0v) is 21.0. The summed E-state index contributed by atoms with van der Waals surface area (Å²) < 4.78 is 6.14. The fourth-order valence-electron chi connectivity index (χ4n) is 6.87. The number of amides is 1. The SMILES string of the molecule is COC1C[C@@H](NC(=O)c2ccc3ccccc3c2)C[C@]2(c3cccc(O)c3)CCN(CC3CC3)C[C@@H]12. The first-order valence-corrected chi connectivity index (χ1v) is 13.4. The molecule has 3 fully saturated rings. The Morgan fingerprint density at radius 3 is 2.69 bits per heavy atom. The van der Waals surface area contributed by atoms with E-state index in [1.165, 1.54) is 24.9 Å². The van der Waals surface area contributed by atoms with Gasteiger partial charge in [-0.1, -0.05) is 42.5 Å². The maximum absolute atomic E-state index is 13.4. The summed E-state index contributed by atoms with van der Waals surface area (Å²) in [6.07, 6.45) is 5.43. The monoisotopic (exact) mass is 484 g/mol. The number of rotatable bonds is 6. The van der Waals surface area contributed by atoms with E-state index in [1.54, 1.807) is 6.07 Å². The molecule has 2 saturated carbocycles. The van der Waals surface area contributed by atoms with E-state index in [-0.39, 0.29) is 23.5 Å². The number of phenolic OH excluding ortho intramolecular Hbond substituents is 1. The third kappa shape index (κ3) is 4.51. The molecule has 2 aliphatic carbocycles. The molecule has 5 heteroatoms. The van der Waals surface area contributed by atoms with Crippen LogP contribution in [0.1, 0.15) is 48.0 Å². The average molecular weight is 485 g/mol. The van der Waals surface area contributed by atoms with Gasteiger partial charge in [0.05, 0.1) is 6.10 Å². The highest BCUT2D eigenvalue weighted by molar-refractivity contribution is 5.98. The third-order valence-electron chi connectivity index (χ3n) is 8.90. The predicted molar refractivity (Wildman–Crippen MR) is 142 cm³/mol. The van der Waals surface area contributed by atoms with Crippen LogP contribution in [0.15, 0.2) is 66.7 Å². The number of hydrogen-bond acceptors (Lipinski definition) is 4. The summed E-state index contributed by atoms with van der Waals surface area (Å²) >= 11 is 0. The highest BCUT2D eigenvalue weighted by atomic mass is 16.5. The maximum Gasteiger partial charge on any atom is 0.251 e. The molecule has 0 aromatic heterocycles. The molecule has 1 aliphatic heterocycles. The minimum Gasteiger partial charge on any atom is -0.508 e. The van der Waals surface area contributed by atoms with Crippen molar-refractivity contribution >= 4 is 16.7 Å². The number of phenols is 1. The number of benzene rings is 3. The number of carbonyl (C=O) groups excluding carboxylic acids is 1. The molecule has 2 N–H and O–H groups in total. The number of nitrogens with one attached hydrogen (secondary N) is 1. The number of methoxy groups -OCH3 is 1. The predicted octanol–water partition coefficient (Wildman–Crippen LogP) is 5.12.